The average Bonchev–Trinajstić information content (AvgIpc) is 3.14. The van der Waals surface area contributed by atoms with Gasteiger partial charge in [0.1, 0.15) is 15.7 Å². The molecular weight excluding hydrogens is 442 g/mol. The molecule has 0 aliphatic heterocycles. The number of hydrogen-bond donors (Lipinski definition) is 1. The summed E-state index contributed by atoms with van der Waals surface area (Å²) in [6.45, 7) is 9.58. The summed E-state index contributed by atoms with van der Waals surface area (Å²) in [4.78, 5) is 16.4. The van der Waals surface area contributed by atoms with Crippen LogP contribution >= 0.6 is 22.9 Å². The van der Waals surface area contributed by atoms with E-state index in [2.05, 4.69) is 9.71 Å². The summed E-state index contributed by atoms with van der Waals surface area (Å²) in [7, 11) is -3.64. The van der Waals surface area contributed by atoms with Gasteiger partial charge in [-0.1, -0.05) is 35.9 Å². The molecule has 160 valence electrons. The Balaban J connectivity index is 1.94. The van der Waals surface area contributed by atoms with Gasteiger partial charge in [0.15, 0.2) is 11.4 Å². The molecule has 0 aliphatic rings. The Morgan fingerprint density at radius 3 is 2.40 bits per heavy atom. The van der Waals surface area contributed by atoms with Gasteiger partial charge in [-0.2, -0.15) is 0 Å². The Hall–Kier alpha value is -2.00. The topological polar surface area (TPSA) is 81.1 Å². The fraction of sp³-hybridized carbons (Fsp3) is 0.333. The molecule has 0 saturated carbocycles. The van der Waals surface area contributed by atoms with Crippen molar-refractivity contribution in [3.8, 4) is 11.1 Å². The third-order valence-electron chi connectivity index (χ3n) is 4.38. The maximum absolute atomic E-state index is 12.9. The number of nitrogens with zero attached hydrogens (tertiary/aromatic N) is 2. The van der Waals surface area contributed by atoms with Crippen LogP contribution < -0.4 is 4.72 Å². The number of thiophene rings is 1. The van der Waals surface area contributed by atoms with Crippen LogP contribution in [0.5, 0.6) is 0 Å². The van der Waals surface area contributed by atoms with E-state index in [0.29, 0.717) is 34.1 Å². The monoisotopic (exact) mass is 465 g/mol. The number of aldehydes is 1. The van der Waals surface area contributed by atoms with Gasteiger partial charge in [0, 0.05) is 22.5 Å². The number of hydrogen-bond acceptors (Lipinski definition) is 5. The summed E-state index contributed by atoms with van der Waals surface area (Å²) in [6.07, 6.45) is 0.699. The predicted octanol–water partition coefficient (Wildman–Crippen LogP) is 4.82. The van der Waals surface area contributed by atoms with E-state index in [1.807, 2.05) is 58.0 Å². The van der Waals surface area contributed by atoms with Crippen LogP contribution in [0.15, 0.2) is 34.5 Å². The van der Waals surface area contributed by atoms with Gasteiger partial charge in [0.2, 0.25) is 0 Å². The normalized spacial score (nSPS) is 12.3. The Labute approximate surface area is 186 Å². The number of halogens is 1. The number of aromatic nitrogens is 2. The van der Waals surface area contributed by atoms with Crippen LogP contribution in [0.25, 0.3) is 11.1 Å². The molecular formula is C21H24ClN3O3S2. The molecule has 0 radical (unpaired) electrons. The van der Waals surface area contributed by atoms with E-state index in [-0.39, 0.29) is 5.15 Å². The Bertz CT molecular complexity index is 1190. The van der Waals surface area contributed by atoms with Gasteiger partial charge >= 0.3 is 0 Å². The van der Waals surface area contributed by atoms with Crippen LogP contribution in [-0.2, 0) is 16.6 Å². The first-order valence-corrected chi connectivity index (χ1v) is 12.0. The van der Waals surface area contributed by atoms with Crippen molar-refractivity contribution in [1.29, 1.82) is 0 Å². The minimum Gasteiger partial charge on any atom is -0.320 e. The number of sulfonamides is 1. The second-order valence-corrected chi connectivity index (χ2v) is 11.6. The first-order valence-electron chi connectivity index (χ1n) is 9.33. The van der Waals surface area contributed by atoms with E-state index in [1.54, 1.807) is 11.5 Å². The lowest BCUT2D eigenvalue weighted by Gasteiger charge is -2.20. The van der Waals surface area contributed by atoms with Crippen molar-refractivity contribution in [2.24, 2.45) is 0 Å². The average molecular weight is 466 g/mol. The maximum Gasteiger partial charge on any atom is 0.251 e. The van der Waals surface area contributed by atoms with Crippen LogP contribution in [0.3, 0.4) is 0 Å². The van der Waals surface area contributed by atoms with E-state index in [4.69, 9.17) is 11.6 Å². The van der Waals surface area contributed by atoms with Crippen molar-refractivity contribution in [2.75, 3.05) is 0 Å². The van der Waals surface area contributed by atoms with Crippen molar-refractivity contribution in [3.63, 3.8) is 0 Å². The highest BCUT2D eigenvalue weighted by atomic mass is 35.5. The van der Waals surface area contributed by atoms with Crippen LogP contribution in [0.2, 0.25) is 5.15 Å². The molecule has 0 bridgehead atoms. The second-order valence-electron chi connectivity index (χ2n) is 8.15. The van der Waals surface area contributed by atoms with Gasteiger partial charge in [-0.25, -0.2) is 18.1 Å². The maximum atomic E-state index is 12.9. The Morgan fingerprint density at radius 1 is 1.20 bits per heavy atom. The molecule has 0 spiro atoms. The number of imidazole rings is 1. The zero-order valence-electron chi connectivity index (χ0n) is 17.5. The fourth-order valence-electron chi connectivity index (χ4n) is 3.17. The quantitative estimate of drug-likeness (QED) is 0.529. The van der Waals surface area contributed by atoms with Gasteiger partial charge in [0.25, 0.3) is 10.0 Å². The standard InChI is InChI=1S/C21H24ClN3O3S2/c1-13-10-17(20(29-13)30(27,28)24-21(3,4)5)16-8-6-15(7-9-16)11-25-14(2)23-19(22)18(25)12-26/h6-10,12,24H,11H2,1-5H3. The van der Waals surface area contributed by atoms with Crippen LogP contribution in [0, 0.1) is 13.8 Å². The lowest BCUT2D eigenvalue weighted by molar-refractivity contribution is 0.111. The molecule has 1 N–H and O–H groups in total. The highest BCUT2D eigenvalue weighted by Crippen LogP contribution is 2.35. The molecule has 3 rings (SSSR count). The Kier molecular flexibility index (Phi) is 6.25. The molecule has 3 aromatic rings. The number of carbonyl (C=O) groups is 1. The predicted molar refractivity (Wildman–Crippen MR) is 121 cm³/mol. The molecule has 30 heavy (non-hydrogen) atoms. The van der Waals surface area contributed by atoms with Gasteiger partial charge in [-0.15, -0.1) is 11.3 Å². The van der Waals surface area contributed by atoms with Gasteiger partial charge in [-0.3, -0.25) is 4.79 Å². The summed E-state index contributed by atoms with van der Waals surface area (Å²) < 4.78 is 30.6. The van der Waals surface area contributed by atoms with E-state index < -0.39 is 15.6 Å². The number of rotatable bonds is 6. The number of benzene rings is 1. The van der Waals surface area contributed by atoms with Crippen molar-refractivity contribution < 1.29 is 13.2 Å². The molecule has 9 heteroatoms. The minimum absolute atomic E-state index is 0.189. The summed E-state index contributed by atoms with van der Waals surface area (Å²) >= 11 is 7.26. The molecule has 0 aliphatic carbocycles. The summed E-state index contributed by atoms with van der Waals surface area (Å²) in [5.41, 5.74) is 2.21. The zero-order valence-corrected chi connectivity index (χ0v) is 19.9. The van der Waals surface area contributed by atoms with Crippen molar-refractivity contribution >= 4 is 39.2 Å². The van der Waals surface area contributed by atoms with E-state index in [1.165, 1.54) is 11.3 Å². The lowest BCUT2D eigenvalue weighted by atomic mass is 10.1. The molecule has 6 nitrogen and oxygen atoms in total. The van der Waals surface area contributed by atoms with Gasteiger partial charge < -0.3 is 4.57 Å². The van der Waals surface area contributed by atoms with Gasteiger partial charge in [-0.05, 0) is 51.8 Å². The van der Waals surface area contributed by atoms with E-state index >= 15 is 0 Å². The smallest absolute Gasteiger partial charge is 0.251 e. The van der Waals surface area contributed by atoms with E-state index in [0.717, 1.165) is 16.0 Å². The van der Waals surface area contributed by atoms with Crippen LogP contribution in [0.4, 0.5) is 0 Å². The third kappa shape index (κ3) is 4.83. The molecule has 0 saturated heterocycles. The molecule has 1 aromatic carbocycles. The van der Waals surface area contributed by atoms with Crippen molar-refractivity contribution in [3.05, 3.63) is 57.4 Å². The van der Waals surface area contributed by atoms with Gasteiger partial charge in [0.05, 0.1) is 0 Å². The summed E-state index contributed by atoms with van der Waals surface area (Å²) in [6, 6.07) is 9.50. The number of nitrogens with one attached hydrogen (secondary N) is 1. The highest BCUT2D eigenvalue weighted by Gasteiger charge is 2.27. The number of aryl methyl sites for hydroxylation is 2. The van der Waals surface area contributed by atoms with Crippen molar-refractivity contribution in [1.82, 2.24) is 14.3 Å². The fourth-order valence-corrected chi connectivity index (χ4v) is 6.52. The summed E-state index contributed by atoms with van der Waals surface area (Å²) in [5.74, 6) is 0.654. The number of carbonyl (C=O) groups excluding carboxylic acids is 1. The molecule has 0 fully saturated rings. The first kappa shape index (κ1) is 22.7. The van der Waals surface area contributed by atoms with Crippen LogP contribution in [-0.4, -0.2) is 29.8 Å². The van der Waals surface area contributed by atoms with E-state index in [9.17, 15) is 13.2 Å². The lowest BCUT2D eigenvalue weighted by Crippen LogP contribution is -2.40. The summed E-state index contributed by atoms with van der Waals surface area (Å²) in [5, 5.41) is 0.189. The largest absolute Gasteiger partial charge is 0.320 e. The molecule has 2 heterocycles. The minimum atomic E-state index is -3.64. The zero-order chi connectivity index (χ0) is 22.3. The first-order chi connectivity index (χ1) is 13.9. The molecule has 2 aromatic heterocycles. The van der Waals surface area contributed by atoms with Crippen molar-refractivity contribution in [2.45, 2.75) is 50.9 Å². The molecule has 0 unspecified atom stereocenters. The highest BCUT2D eigenvalue weighted by molar-refractivity contribution is 7.91. The third-order valence-corrected chi connectivity index (χ3v) is 8.00. The SMILES string of the molecule is Cc1cc(-c2ccc(Cn3c(C)nc(Cl)c3C=O)cc2)c(S(=O)(=O)NC(C)(C)C)s1. The second kappa shape index (κ2) is 8.26. The van der Waals surface area contributed by atoms with Crippen LogP contribution in [0.1, 0.15) is 47.5 Å². The molecule has 0 atom stereocenters. The Morgan fingerprint density at radius 2 is 1.83 bits per heavy atom. The molecule has 0 amide bonds.